The van der Waals surface area contributed by atoms with Crippen LogP contribution in [0.4, 0.5) is 0 Å². The highest BCUT2D eigenvalue weighted by Crippen LogP contribution is 2.12. The van der Waals surface area contributed by atoms with Gasteiger partial charge in [-0.2, -0.15) is 0 Å². The summed E-state index contributed by atoms with van der Waals surface area (Å²) in [5.74, 6) is 0. The molecule has 0 nitrogen and oxygen atoms in total. The van der Waals surface area contributed by atoms with E-state index in [-0.39, 0.29) is 0 Å². The van der Waals surface area contributed by atoms with E-state index < -0.39 is 0 Å². The number of hydrogen-bond acceptors (Lipinski definition) is 0. The van der Waals surface area contributed by atoms with Crippen LogP contribution in [0.3, 0.4) is 0 Å². The van der Waals surface area contributed by atoms with Gasteiger partial charge in [0.15, 0.2) is 0 Å². The number of rotatable bonds is 12. The van der Waals surface area contributed by atoms with E-state index in [4.69, 9.17) is 0 Å². The predicted octanol–water partition coefficient (Wildman–Crippen LogP) is 6.35. The maximum absolute atomic E-state index is 2.28. The molecule has 0 aromatic heterocycles. The van der Waals surface area contributed by atoms with E-state index >= 15 is 0 Å². The Morgan fingerprint density at radius 1 is 0.684 bits per heavy atom. The molecule has 0 N–H and O–H groups in total. The average Bonchev–Trinajstić information content (AvgIpc) is 2.46. The van der Waals surface area contributed by atoms with Crippen molar-refractivity contribution < 1.29 is 0 Å². The monoisotopic (exact) mass is 259 g/mol. The lowest BCUT2D eigenvalue weighted by molar-refractivity contribution is 0.558. The first-order valence-electron chi connectivity index (χ1n) is 8.25. The third-order valence-electron chi connectivity index (χ3n) is 3.80. The van der Waals surface area contributed by atoms with Gasteiger partial charge in [-0.05, 0) is 24.8 Å². The smallest absolute Gasteiger partial charge is 0.0279 e. The van der Waals surface area contributed by atoms with Crippen molar-refractivity contribution in [3.8, 4) is 0 Å². The molecule has 1 aromatic rings. The van der Waals surface area contributed by atoms with Crippen molar-refractivity contribution in [2.75, 3.05) is 0 Å². The lowest BCUT2D eigenvalue weighted by Gasteiger charge is -2.03. The molecule has 0 fully saturated rings. The van der Waals surface area contributed by atoms with Crippen molar-refractivity contribution in [1.29, 1.82) is 0 Å². The van der Waals surface area contributed by atoms with Crippen molar-refractivity contribution in [1.82, 2.24) is 0 Å². The quantitative estimate of drug-likeness (QED) is 0.383. The van der Waals surface area contributed by atoms with Gasteiger partial charge in [0.2, 0.25) is 0 Å². The SMILES string of the molecule is C[CH]CCCCCCCCCCCc1ccccc1. The van der Waals surface area contributed by atoms with Crippen LogP contribution >= 0.6 is 0 Å². The molecule has 1 aromatic carbocycles. The number of aryl methyl sites for hydroxylation is 1. The molecule has 0 heterocycles. The molecule has 107 valence electrons. The van der Waals surface area contributed by atoms with Gasteiger partial charge in [-0.3, -0.25) is 0 Å². The lowest BCUT2D eigenvalue weighted by atomic mass is 10.0. The number of hydrogen-bond donors (Lipinski definition) is 0. The van der Waals surface area contributed by atoms with Crippen LogP contribution in [0.15, 0.2) is 30.3 Å². The fraction of sp³-hybridized carbons (Fsp3) is 0.632. The molecule has 0 saturated carbocycles. The van der Waals surface area contributed by atoms with Crippen molar-refractivity contribution in [3.63, 3.8) is 0 Å². The Kier molecular flexibility index (Phi) is 10.5. The van der Waals surface area contributed by atoms with Crippen LogP contribution in [0.25, 0.3) is 0 Å². The fourth-order valence-electron chi connectivity index (χ4n) is 2.56. The molecule has 0 spiro atoms. The highest BCUT2D eigenvalue weighted by atomic mass is 14.0. The maximum Gasteiger partial charge on any atom is -0.0279 e. The summed E-state index contributed by atoms with van der Waals surface area (Å²) in [4.78, 5) is 0. The summed E-state index contributed by atoms with van der Waals surface area (Å²) in [6, 6.07) is 10.9. The van der Waals surface area contributed by atoms with Gasteiger partial charge >= 0.3 is 0 Å². The second-order valence-corrected chi connectivity index (χ2v) is 5.61. The average molecular weight is 259 g/mol. The Balaban J connectivity index is 1.79. The van der Waals surface area contributed by atoms with Gasteiger partial charge in [0, 0.05) is 0 Å². The van der Waals surface area contributed by atoms with E-state index in [2.05, 4.69) is 43.7 Å². The zero-order valence-electron chi connectivity index (χ0n) is 12.7. The normalized spacial score (nSPS) is 10.8. The van der Waals surface area contributed by atoms with Gasteiger partial charge in [0.05, 0.1) is 0 Å². The predicted molar refractivity (Wildman–Crippen MR) is 86.3 cm³/mol. The molecular weight excluding hydrogens is 228 g/mol. The summed E-state index contributed by atoms with van der Waals surface area (Å²) >= 11 is 0. The standard InChI is InChI=1S/C19H31/c1-2-3-4-5-6-7-8-9-10-11-13-16-19-17-14-12-15-18-19/h2,12,14-15,17-18H,3-11,13,16H2,1H3. The molecule has 0 unspecified atom stereocenters. The van der Waals surface area contributed by atoms with Crippen molar-refractivity contribution in [2.24, 2.45) is 0 Å². The van der Waals surface area contributed by atoms with Crippen molar-refractivity contribution >= 4 is 0 Å². The largest absolute Gasteiger partial charge is 0.0623 e. The van der Waals surface area contributed by atoms with E-state index in [0.717, 1.165) is 0 Å². The Hall–Kier alpha value is -0.780. The van der Waals surface area contributed by atoms with Gasteiger partial charge < -0.3 is 0 Å². The van der Waals surface area contributed by atoms with E-state index in [1.165, 1.54) is 76.2 Å². The van der Waals surface area contributed by atoms with E-state index in [1.54, 1.807) is 0 Å². The van der Waals surface area contributed by atoms with E-state index in [1.807, 2.05) is 0 Å². The summed E-state index contributed by atoms with van der Waals surface area (Å²) in [5.41, 5.74) is 1.50. The minimum absolute atomic E-state index is 1.26. The first kappa shape index (κ1) is 16.3. The van der Waals surface area contributed by atoms with Crippen LogP contribution in [0.1, 0.15) is 76.7 Å². The van der Waals surface area contributed by atoms with Crippen molar-refractivity contribution in [2.45, 2.75) is 77.6 Å². The molecule has 0 atom stereocenters. The molecule has 0 saturated heterocycles. The van der Waals surface area contributed by atoms with Crippen LogP contribution < -0.4 is 0 Å². The summed E-state index contributed by atoms with van der Waals surface area (Å²) in [7, 11) is 0. The van der Waals surface area contributed by atoms with Gasteiger partial charge in [0.1, 0.15) is 0 Å². The van der Waals surface area contributed by atoms with Crippen molar-refractivity contribution in [3.05, 3.63) is 42.3 Å². The molecule has 0 amide bonds. The minimum atomic E-state index is 1.26. The molecule has 0 aliphatic heterocycles. The second kappa shape index (κ2) is 12.3. The van der Waals surface area contributed by atoms with E-state index in [9.17, 15) is 0 Å². The highest BCUT2D eigenvalue weighted by Gasteiger charge is 1.94. The van der Waals surface area contributed by atoms with Crippen LogP contribution in [0, 0.1) is 6.42 Å². The van der Waals surface area contributed by atoms with E-state index in [0.29, 0.717) is 0 Å². The number of unbranched alkanes of at least 4 members (excludes halogenated alkanes) is 10. The van der Waals surface area contributed by atoms with Crippen LogP contribution in [0.5, 0.6) is 0 Å². The van der Waals surface area contributed by atoms with Crippen LogP contribution in [-0.2, 0) is 6.42 Å². The summed E-state index contributed by atoms with van der Waals surface area (Å²) in [6.45, 7) is 2.16. The molecule has 0 bridgehead atoms. The van der Waals surface area contributed by atoms with Gasteiger partial charge in [0.25, 0.3) is 0 Å². The van der Waals surface area contributed by atoms with Crippen LogP contribution in [0.2, 0.25) is 0 Å². The molecular formula is C19H31. The second-order valence-electron chi connectivity index (χ2n) is 5.61. The van der Waals surface area contributed by atoms with Crippen LogP contribution in [-0.4, -0.2) is 0 Å². The highest BCUT2D eigenvalue weighted by molar-refractivity contribution is 5.14. The molecule has 1 rings (SSSR count). The molecule has 19 heavy (non-hydrogen) atoms. The zero-order valence-corrected chi connectivity index (χ0v) is 12.7. The number of benzene rings is 1. The molecule has 0 heteroatoms. The Bertz CT molecular complexity index is 275. The summed E-state index contributed by atoms with van der Waals surface area (Å²) < 4.78 is 0. The summed E-state index contributed by atoms with van der Waals surface area (Å²) in [6.07, 6.45) is 17.6. The first-order valence-corrected chi connectivity index (χ1v) is 8.25. The maximum atomic E-state index is 2.28. The Morgan fingerprint density at radius 2 is 1.21 bits per heavy atom. The molecule has 0 aliphatic rings. The summed E-state index contributed by atoms with van der Waals surface area (Å²) in [5, 5.41) is 0. The van der Waals surface area contributed by atoms with Gasteiger partial charge in [-0.25, -0.2) is 0 Å². The lowest BCUT2D eigenvalue weighted by Crippen LogP contribution is -1.86. The first-order chi connectivity index (χ1) is 9.43. The van der Waals surface area contributed by atoms with Gasteiger partial charge in [-0.15, -0.1) is 0 Å². The molecule has 1 radical (unpaired) electrons. The zero-order chi connectivity index (χ0) is 13.6. The molecule has 0 aliphatic carbocycles. The third-order valence-corrected chi connectivity index (χ3v) is 3.80. The Labute approximate surface area is 120 Å². The third kappa shape index (κ3) is 9.76. The Morgan fingerprint density at radius 3 is 1.79 bits per heavy atom. The topological polar surface area (TPSA) is 0 Å². The fourth-order valence-corrected chi connectivity index (χ4v) is 2.56. The minimum Gasteiger partial charge on any atom is -0.0623 e. The van der Waals surface area contributed by atoms with Gasteiger partial charge in [-0.1, -0.05) is 95.0 Å².